The van der Waals surface area contributed by atoms with Gasteiger partial charge in [0.2, 0.25) is 5.91 Å². The van der Waals surface area contributed by atoms with Crippen molar-refractivity contribution in [1.29, 1.82) is 0 Å². The zero-order valence-corrected chi connectivity index (χ0v) is 19.5. The maximum atomic E-state index is 12.8. The number of aryl methyl sites for hydroxylation is 1. The number of fused-ring (bicyclic) bond motifs is 1. The van der Waals surface area contributed by atoms with Crippen LogP contribution < -0.4 is 15.5 Å². The number of para-hydroxylation sites is 1. The summed E-state index contributed by atoms with van der Waals surface area (Å²) in [7, 11) is 2.06. The van der Waals surface area contributed by atoms with Gasteiger partial charge in [0, 0.05) is 24.0 Å². The van der Waals surface area contributed by atoms with Crippen LogP contribution in [0.2, 0.25) is 0 Å². The first kappa shape index (κ1) is 22.3. The van der Waals surface area contributed by atoms with Crippen LogP contribution in [0.4, 0.5) is 16.2 Å². The SMILES string of the molecule is CC1=CC(C)(C)N(C)c2ccc(/C=C3/NC(=O)N(CC(=O)Nc4ccccc4C)C3=O)cc21. The van der Waals surface area contributed by atoms with Gasteiger partial charge >= 0.3 is 6.03 Å². The summed E-state index contributed by atoms with van der Waals surface area (Å²) in [6.45, 7) is 7.90. The van der Waals surface area contributed by atoms with Gasteiger partial charge in [-0.3, -0.25) is 9.59 Å². The molecule has 170 valence electrons. The van der Waals surface area contributed by atoms with Gasteiger partial charge in [0.15, 0.2) is 0 Å². The third-order valence-corrected chi connectivity index (χ3v) is 6.24. The monoisotopic (exact) mass is 444 g/mol. The van der Waals surface area contributed by atoms with E-state index in [-0.39, 0.29) is 17.8 Å². The Morgan fingerprint density at radius 2 is 1.85 bits per heavy atom. The van der Waals surface area contributed by atoms with Gasteiger partial charge in [-0.1, -0.05) is 30.3 Å². The topological polar surface area (TPSA) is 81.8 Å². The number of imide groups is 1. The molecule has 0 atom stereocenters. The van der Waals surface area contributed by atoms with Crippen LogP contribution in [-0.2, 0) is 9.59 Å². The lowest BCUT2D eigenvalue weighted by molar-refractivity contribution is -0.127. The lowest BCUT2D eigenvalue weighted by Gasteiger charge is -2.40. The highest BCUT2D eigenvalue weighted by molar-refractivity contribution is 6.16. The molecule has 4 rings (SSSR count). The summed E-state index contributed by atoms with van der Waals surface area (Å²) in [6, 6.07) is 12.7. The number of nitrogens with zero attached hydrogens (tertiary/aromatic N) is 2. The van der Waals surface area contributed by atoms with E-state index >= 15 is 0 Å². The van der Waals surface area contributed by atoms with E-state index in [1.54, 1.807) is 12.1 Å². The number of allylic oxidation sites excluding steroid dienone is 1. The van der Waals surface area contributed by atoms with Gasteiger partial charge in [-0.05, 0) is 68.7 Å². The Bertz CT molecular complexity index is 1230. The Balaban J connectivity index is 1.52. The highest BCUT2D eigenvalue weighted by Gasteiger charge is 2.35. The second kappa shape index (κ2) is 8.24. The smallest absolute Gasteiger partial charge is 0.329 e. The molecule has 2 aliphatic heterocycles. The van der Waals surface area contributed by atoms with Crippen LogP contribution in [0.15, 0.2) is 54.2 Å². The number of likely N-dealkylation sites (N-methyl/N-ethyl adjacent to an activating group) is 1. The molecule has 0 unspecified atom stereocenters. The molecule has 7 heteroatoms. The zero-order valence-electron chi connectivity index (χ0n) is 19.5. The van der Waals surface area contributed by atoms with Crippen molar-refractivity contribution in [2.24, 2.45) is 0 Å². The number of carbonyl (C=O) groups is 3. The van der Waals surface area contributed by atoms with Crippen LogP contribution >= 0.6 is 0 Å². The van der Waals surface area contributed by atoms with E-state index in [1.165, 1.54) is 0 Å². The minimum atomic E-state index is -0.610. The molecule has 0 spiro atoms. The normalized spacial score (nSPS) is 18.2. The number of hydrogen-bond acceptors (Lipinski definition) is 4. The van der Waals surface area contributed by atoms with Crippen LogP contribution in [-0.4, -0.2) is 41.9 Å². The van der Waals surface area contributed by atoms with Gasteiger partial charge in [-0.2, -0.15) is 0 Å². The fourth-order valence-corrected chi connectivity index (χ4v) is 4.19. The van der Waals surface area contributed by atoms with E-state index in [0.717, 1.165) is 32.9 Å². The maximum absolute atomic E-state index is 12.8. The van der Waals surface area contributed by atoms with Crippen molar-refractivity contribution < 1.29 is 14.4 Å². The van der Waals surface area contributed by atoms with Crippen molar-refractivity contribution in [3.05, 3.63) is 70.9 Å². The predicted molar refractivity (Wildman–Crippen MR) is 131 cm³/mol. The lowest BCUT2D eigenvalue weighted by Crippen LogP contribution is -2.42. The number of amides is 4. The third-order valence-electron chi connectivity index (χ3n) is 6.24. The van der Waals surface area contributed by atoms with E-state index in [4.69, 9.17) is 0 Å². The summed E-state index contributed by atoms with van der Waals surface area (Å²) < 4.78 is 0. The molecule has 1 saturated heterocycles. The average Bonchev–Trinajstić information content (AvgIpc) is 3.01. The first-order valence-corrected chi connectivity index (χ1v) is 10.8. The summed E-state index contributed by atoms with van der Waals surface area (Å²) in [5.74, 6) is -0.961. The molecular formula is C26H28N4O3. The quantitative estimate of drug-likeness (QED) is 0.548. The van der Waals surface area contributed by atoms with Crippen molar-refractivity contribution in [3.63, 3.8) is 0 Å². The molecule has 0 bridgehead atoms. The molecule has 7 nitrogen and oxygen atoms in total. The molecular weight excluding hydrogens is 416 g/mol. The van der Waals surface area contributed by atoms with E-state index < -0.39 is 17.8 Å². The molecule has 0 radical (unpaired) electrons. The van der Waals surface area contributed by atoms with Gasteiger partial charge < -0.3 is 15.5 Å². The molecule has 2 N–H and O–H groups in total. The number of rotatable bonds is 4. The van der Waals surface area contributed by atoms with Crippen molar-refractivity contribution in [2.45, 2.75) is 33.2 Å². The molecule has 0 saturated carbocycles. The molecule has 0 aliphatic carbocycles. The molecule has 0 aromatic heterocycles. The summed E-state index contributed by atoms with van der Waals surface area (Å²) >= 11 is 0. The van der Waals surface area contributed by atoms with Crippen LogP contribution in [0, 0.1) is 6.92 Å². The molecule has 2 aromatic rings. The van der Waals surface area contributed by atoms with Gasteiger partial charge in [0.25, 0.3) is 5.91 Å². The Labute approximate surface area is 193 Å². The number of anilines is 2. The summed E-state index contributed by atoms with van der Waals surface area (Å²) in [6.07, 6.45) is 3.86. The summed E-state index contributed by atoms with van der Waals surface area (Å²) in [5, 5.41) is 5.34. The molecule has 2 heterocycles. The number of nitrogens with one attached hydrogen (secondary N) is 2. The van der Waals surface area contributed by atoms with Crippen molar-refractivity contribution in [2.75, 3.05) is 23.8 Å². The molecule has 1 fully saturated rings. The molecule has 2 aromatic carbocycles. The van der Waals surface area contributed by atoms with Crippen molar-refractivity contribution >= 4 is 40.9 Å². The van der Waals surface area contributed by atoms with Crippen molar-refractivity contribution in [1.82, 2.24) is 10.2 Å². The van der Waals surface area contributed by atoms with Gasteiger partial charge in [-0.25, -0.2) is 9.69 Å². The fourth-order valence-electron chi connectivity index (χ4n) is 4.19. The number of benzene rings is 2. The van der Waals surface area contributed by atoms with Crippen molar-refractivity contribution in [3.8, 4) is 0 Å². The Hall–Kier alpha value is -3.87. The zero-order chi connectivity index (χ0) is 23.9. The van der Waals surface area contributed by atoms with Gasteiger partial charge in [0.05, 0.1) is 5.54 Å². The highest BCUT2D eigenvalue weighted by atomic mass is 16.2. The van der Waals surface area contributed by atoms with E-state index in [2.05, 4.69) is 49.4 Å². The molecule has 4 amide bonds. The van der Waals surface area contributed by atoms with E-state index in [1.807, 2.05) is 43.3 Å². The first-order chi connectivity index (χ1) is 15.6. The lowest BCUT2D eigenvalue weighted by atomic mass is 9.88. The second-order valence-electron chi connectivity index (χ2n) is 9.06. The largest absolute Gasteiger partial charge is 0.366 e. The number of hydrogen-bond donors (Lipinski definition) is 2. The first-order valence-electron chi connectivity index (χ1n) is 10.8. The van der Waals surface area contributed by atoms with Crippen LogP contribution in [0.3, 0.4) is 0 Å². The average molecular weight is 445 g/mol. The summed E-state index contributed by atoms with van der Waals surface area (Å²) in [5.41, 5.74) is 5.75. The van der Waals surface area contributed by atoms with E-state index in [0.29, 0.717) is 5.69 Å². The summed E-state index contributed by atoms with van der Waals surface area (Å²) in [4.78, 5) is 40.8. The Morgan fingerprint density at radius 1 is 1.12 bits per heavy atom. The Kier molecular flexibility index (Phi) is 5.57. The van der Waals surface area contributed by atoms with Gasteiger partial charge in [0.1, 0.15) is 12.2 Å². The third kappa shape index (κ3) is 4.26. The number of carbonyl (C=O) groups excluding carboxylic acids is 3. The minimum Gasteiger partial charge on any atom is -0.366 e. The fraction of sp³-hybridized carbons (Fsp3) is 0.269. The molecule has 2 aliphatic rings. The van der Waals surface area contributed by atoms with Gasteiger partial charge in [-0.15, -0.1) is 0 Å². The second-order valence-corrected chi connectivity index (χ2v) is 9.06. The number of urea groups is 1. The molecule has 33 heavy (non-hydrogen) atoms. The maximum Gasteiger partial charge on any atom is 0.329 e. The predicted octanol–water partition coefficient (Wildman–Crippen LogP) is 4.16. The standard InChI is InChI=1S/C26H28N4O3/c1-16-8-6-7-9-20(16)27-23(31)15-30-24(32)21(28-25(30)33)13-18-10-11-22-19(12-18)17(2)14-26(3,4)29(22)5/h6-14H,15H2,1-5H3,(H,27,31)(H,28,33)/b21-13+. The minimum absolute atomic E-state index is 0.0914. The van der Waals surface area contributed by atoms with E-state index in [9.17, 15) is 14.4 Å². The van der Waals surface area contributed by atoms with Crippen LogP contribution in [0.25, 0.3) is 11.6 Å². The van der Waals surface area contributed by atoms with Crippen LogP contribution in [0.1, 0.15) is 37.5 Å². The Morgan fingerprint density at radius 3 is 2.58 bits per heavy atom. The van der Waals surface area contributed by atoms with Crippen LogP contribution in [0.5, 0.6) is 0 Å². The highest BCUT2D eigenvalue weighted by Crippen LogP contribution is 2.38.